The Hall–Kier alpha value is -1.81. The second-order valence-corrected chi connectivity index (χ2v) is 7.16. The lowest BCUT2D eigenvalue weighted by Gasteiger charge is -2.04. The molecule has 110 valence electrons. The van der Waals surface area contributed by atoms with Gasteiger partial charge in [-0.05, 0) is 12.1 Å². The number of sulfone groups is 1. The topological polar surface area (TPSA) is 121 Å². The number of benzene rings is 1. The molecule has 0 saturated carbocycles. The van der Waals surface area contributed by atoms with Crippen molar-refractivity contribution in [2.24, 2.45) is 0 Å². The van der Waals surface area contributed by atoms with Gasteiger partial charge in [0.2, 0.25) is 0 Å². The van der Waals surface area contributed by atoms with Crippen molar-refractivity contribution in [3.8, 4) is 0 Å². The summed E-state index contributed by atoms with van der Waals surface area (Å²) in [5.74, 6) is -1.33. The van der Waals surface area contributed by atoms with Crippen molar-refractivity contribution in [2.75, 3.05) is 19.1 Å². The lowest BCUT2D eigenvalue weighted by molar-refractivity contribution is -0.388. The monoisotopic (exact) mass is 321 g/mol. The Kier molecular flexibility index (Phi) is 4.95. The smallest absolute Gasteiger partial charge is 0.318 e. The summed E-state index contributed by atoms with van der Waals surface area (Å²) in [6, 6.07) is 2.99. The third-order valence-electron chi connectivity index (χ3n) is 2.28. The van der Waals surface area contributed by atoms with E-state index in [1.165, 1.54) is 0 Å². The van der Waals surface area contributed by atoms with Crippen LogP contribution in [-0.2, 0) is 30.2 Å². The molecule has 0 spiro atoms. The minimum atomic E-state index is -3.62. The number of rotatable bonds is 5. The fourth-order valence-electron chi connectivity index (χ4n) is 1.31. The van der Waals surface area contributed by atoms with E-state index in [1.807, 2.05) is 0 Å². The first-order valence-corrected chi connectivity index (χ1v) is 8.31. The van der Waals surface area contributed by atoms with Crippen LogP contribution < -0.4 is 0 Å². The molecule has 0 aliphatic carbocycles. The summed E-state index contributed by atoms with van der Waals surface area (Å²) < 4.78 is 38.9. The molecule has 0 aliphatic rings. The van der Waals surface area contributed by atoms with E-state index >= 15 is 0 Å². The van der Waals surface area contributed by atoms with Crippen molar-refractivity contribution in [3.63, 3.8) is 0 Å². The maximum atomic E-state index is 11.9. The summed E-state index contributed by atoms with van der Waals surface area (Å²) in [7, 11) is -4.52. The van der Waals surface area contributed by atoms with Gasteiger partial charge in [0, 0.05) is 12.3 Å². The standard InChI is InChI=1S/C10H11NO7S2/c1-18-10(12)6-19(15)9-4-3-7(20(2,16)17)5-8(9)11(13)14/h3-5H,6H2,1-2H3. The van der Waals surface area contributed by atoms with Crippen LogP contribution in [-0.4, -0.2) is 42.6 Å². The van der Waals surface area contributed by atoms with E-state index in [0.29, 0.717) is 0 Å². The van der Waals surface area contributed by atoms with Crippen LogP contribution in [0.25, 0.3) is 0 Å². The van der Waals surface area contributed by atoms with Gasteiger partial charge in [-0.2, -0.15) is 0 Å². The number of methoxy groups -OCH3 is 1. The van der Waals surface area contributed by atoms with Crippen LogP contribution in [0.4, 0.5) is 5.69 Å². The van der Waals surface area contributed by atoms with E-state index in [9.17, 15) is 27.5 Å². The highest BCUT2D eigenvalue weighted by Gasteiger charge is 2.23. The molecular formula is C10H11NO7S2. The zero-order chi connectivity index (χ0) is 15.5. The number of hydrogen-bond acceptors (Lipinski definition) is 7. The first kappa shape index (κ1) is 16.2. The molecule has 1 rings (SSSR count). The van der Waals surface area contributed by atoms with Crippen LogP contribution in [0.15, 0.2) is 28.0 Å². The van der Waals surface area contributed by atoms with Gasteiger partial charge in [-0.3, -0.25) is 19.1 Å². The summed E-state index contributed by atoms with van der Waals surface area (Å²) in [6.07, 6.45) is 0.900. The van der Waals surface area contributed by atoms with Crippen LogP contribution in [0.2, 0.25) is 0 Å². The minimum Gasteiger partial charge on any atom is -0.468 e. The maximum Gasteiger partial charge on any atom is 0.318 e. The fourth-order valence-corrected chi connectivity index (χ4v) is 3.02. The second kappa shape index (κ2) is 6.09. The maximum absolute atomic E-state index is 11.9. The third-order valence-corrected chi connectivity index (χ3v) is 4.72. The minimum absolute atomic E-state index is 0.229. The zero-order valence-corrected chi connectivity index (χ0v) is 12.2. The van der Waals surface area contributed by atoms with Crippen molar-refractivity contribution in [1.29, 1.82) is 0 Å². The van der Waals surface area contributed by atoms with E-state index < -0.39 is 43.0 Å². The SMILES string of the molecule is COC(=O)CS(=O)c1ccc(S(C)(=O)=O)cc1[N+](=O)[O-]. The van der Waals surface area contributed by atoms with Crippen LogP contribution in [0.5, 0.6) is 0 Å². The fraction of sp³-hybridized carbons (Fsp3) is 0.300. The molecule has 10 heteroatoms. The lowest BCUT2D eigenvalue weighted by atomic mass is 10.3. The molecule has 1 aromatic carbocycles. The van der Waals surface area contributed by atoms with E-state index in [2.05, 4.69) is 4.74 Å². The average Bonchev–Trinajstić information content (AvgIpc) is 2.36. The van der Waals surface area contributed by atoms with Crippen LogP contribution in [0.1, 0.15) is 0 Å². The molecule has 0 aliphatic heterocycles. The summed E-state index contributed by atoms with van der Waals surface area (Å²) in [6.45, 7) is 0. The Morgan fingerprint density at radius 2 is 2.05 bits per heavy atom. The van der Waals surface area contributed by atoms with Crippen LogP contribution >= 0.6 is 0 Å². The lowest BCUT2D eigenvalue weighted by Crippen LogP contribution is -2.13. The number of nitrogens with zero attached hydrogens (tertiary/aromatic N) is 1. The van der Waals surface area contributed by atoms with E-state index in [4.69, 9.17) is 0 Å². The molecular weight excluding hydrogens is 310 g/mol. The number of hydrogen-bond donors (Lipinski definition) is 0. The highest BCUT2D eigenvalue weighted by Crippen LogP contribution is 2.26. The normalized spacial score (nSPS) is 12.7. The Labute approximate surface area is 117 Å². The van der Waals surface area contributed by atoms with Crippen molar-refractivity contribution in [2.45, 2.75) is 9.79 Å². The number of carbonyl (C=O) groups excluding carboxylic acids is 1. The molecule has 0 radical (unpaired) electrons. The van der Waals surface area contributed by atoms with Crippen molar-refractivity contribution in [1.82, 2.24) is 0 Å². The summed E-state index contributed by atoms with van der Waals surface area (Å²) >= 11 is 0. The van der Waals surface area contributed by atoms with Gasteiger partial charge in [-0.1, -0.05) is 0 Å². The van der Waals surface area contributed by atoms with Gasteiger partial charge in [0.25, 0.3) is 5.69 Å². The summed E-state index contributed by atoms with van der Waals surface area (Å²) in [5.41, 5.74) is -0.616. The van der Waals surface area contributed by atoms with Crippen molar-refractivity contribution < 1.29 is 27.1 Å². The molecule has 0 heterocycles. The third kappa shape index (κ3) is 3.84. The number of nitro benzene ring substituents is 1. The first-order chi connectivity index (χ1) is 9.16. The van der Waals surface area contributed by atoms with Gasteiger partial charge in [0.1, 0.15) is 10.6 Å². The number of ether oxygens (including phenoxy) is 1. The molecule has 0 fully saturated rings. The van der Waals surface area contributed by atoms with E-state index in [0.717, 1.165) is 31.6 Å². The van der Waals surface area contributed by atoms with Crippen molar-refractivity contribution in [3.05, 3.63) is 28.3 Å². The quantitative estimate of drug-likeness (QED) is 0.434. The van der Waals surface area contributed by atoms with Crippen LogP contribution in [0, 0.1) is 10.1 Å². The largest absolute Gasteiger partial charge is 0.468 e. The number of esters is 1. The summed E-state index contributed by atoms with van der Waals surface area (Å²) in [4.78, 5) is 20.6. The molecule has 0 bridgehead atoms. The summed E-state index contributed by atoms with van der Waals surface area (Å²) in [5, 5.41) is 10.9. The Balaban J connectivity index is 3.31. The number of nitro groups is 1. The molecule has 1 aromatic rings. The molecule has 1 unspecified atom stereocenters. The number of carbonyl (C=O) groups is 1. The molecule has 1 atom stereocenters. The molecule has 0 amide bonds. The van der Waals surface area contributed by atoms with Gasteiger partial charge >= 0.3 is 5.97 Å². The molecule has 0 N–H and O–H groups in total. The van der Waals surface area contributed by atoms with Gasteiger partial charge in [0.15, 0.2) is 9.84 Å². The van der Waals surface area contributed by atoms with E-state index in [-0.39, 0.29) is 9.79 Å². The highest BCUT2D eigenvalue weighted by molar-refractivity contribution is 7.90. The Morgan fingerprint density at radius 1 is 1.45 bits per heavy atom. The van der Waals surface area contributed by atoms with Gasteiger partial charge in [-0.25, -0.2) is 8.42 Å². The van der Waals surface area contributed by atoms with Crippen molar-refractivity contribution >= 4 is 32.3 Å². The first-order valence-electron chi connectivity index (χ1n) is 5.10. The van der Waals surface area contributed by atoms with Gasteiger partial charge in [-0.15, -0.1) is 0 Å². The zero-order valence-electron chi connectivity index (χ0n) is 10.6. The van der Waals surface area contributed by atoms with Gasteiger partial charge in [0.05, 0.1) is 27.7 Å². The average molecular weight is 321 g/mol. The van der Waals surface area contributed by atoms with E-state index in [1.54, 1.807) is 0 Å². The van der Waals surface area contributed by atoms with Gasteiger partial charge < -0.3 is 4.74 Å². The molecule has 0 aromatic heterocycles. The second-order valence-electron chi connectivity index (χ2n) is 3.72. The predicted molar refractivity (Wildman–Crippen MR) is 69.5 cm³/mol. The molecule has 0 saturated heterocycles. The van der Waals surface area contributed by atoms with Crippen LogP contribution in [0.3, 0.4) is 0 Å². The highest BCUT2D eigenvalue weighted by atomic mass is 32.2. The predicted octanol–water partition coefficient (Wildman–Crippen LogP) is 0.279. The Morgan fingerprint density at radius 3 is 2.50 bits per heavy atom. The Bertz CT molecular complexity index is 681. The molecule has 8 nitrogen and oxygen atoms in total. The molecule has 20 heavy (non-hydrogen) atoms.